The number of ketones is 1. The molecule has 25 heavy (non-hydrogen) atoms. The van der Waals surface area contributed by atoms with E-state index in [1.807, 2.05) is 19.9 Å². The normalized spacial score (nSPS) is 12.4. The van der Waals surface area contributed by atoms with Crippen LogP contribution in [0.3, 0.4) is 0 Å². The number of nitrogens with two attached hydrogens (primary N) is 1. The molecule has 5 nitrogen and oxygen atoms in total. The Morgan fingerprint density at radius 2 is 1.60 bits per heavy atom. The molecule has 0 aromatic heterocycles. The van der Waals surface area contributed by atoms with E-state index in [0.717, 1.165) is 0 Å². The molecule has 0 bridgehead atoms. The van der Waals surface area contributed by atoms with Gasteiger partial charge in [0, 0.05) is 24.7 Å². The molecule has 2 N–H and O–H groups in total. The summed E-state index contributed by atoms with van der Waals surface area (Å²) in [6.07, 6.45) is 0. The summed E-state index contributed by atoms with van der Waals surface area (Å²) in [5.41, 5.74) is 5.98. The zero-order valence-electron chi connectivity index (χ0n) is 14.8. The molecule has 0 saturated heterocycles. The molecule has 0 radical (unpaired) electrons. The molecule has 0 unspecified atom stereocenters. The standard InChI is InChI=1S/C19H24N2O3S/c1-19(2,13-20)14-21(3)25(23,24)17-12-8-7-11-16(17)18(22)15-9-5-4-6-10-15/h4-12H,13-14,20H2,1-3H3. The van der Waals surface area contributed by atoms with E-state index < -0.39 is 10.0 Å². The first kappa shape index (κ1) is 19.3. The number of benzene rings is 2. The molecule has 0 amide bonds. The molecule has 134 valence electrons. The summed E-state index contributed by atoms with van der Waals surface area (Å²) in [6.45, 7) is 4.43. The second-order valence-corrected chi connectivity index (χ2v) is 8.83. The van der Waals surface area contributed by atoms with Crippen molar-refractivity contribution >= 4 is 15.8 Å². The Kier molecular flexibility index (Phi) is 5.77. The number of nitrogens with zero attached hydrogens (tertiary/aromatic N) is 1. The highest BCUT2D eigenvalue weighted by molar-refractivity contribution is 7.89. The summed E-state index contributed by atoms with van der Waals surface area (Å²) in [6, 6.07) is 15.0. The minimum atomic E-state index is -3.81. The van der Waals surface area contributed by atoms with Crippen molar-refractivity contribution in [1.82, 2.24) is 4.31 Å². The highest BCUT2D eigenvalue weighted by Crippen LogP contribution is 2.25. The van der Waals surface area contributed by atoms with Crippen molar-refractivity contribution in [2.75, 3.05) is 20.1 Å². The van der Waals surface area contributed by atoms with E-state index in [1.165, 1.54) is 17.4 Å². The summed E-state index contributed by atoms with van der Waals surface area (Å²) in [7, 11) is -2.30. The topological polar surface area (TPSA) is 80.5 Å². The van der Waals surface area contributed by atoms with Crippen LogP contribution < -0.4 is 5.73 Å². The third kappa shape index (κ3) is 4.34. The van der Waals surface area contributed by atoms with Gasteiger partial charge in [-0.3, -0.25) is 4.79 Å². The van der Waals surface area contributed by atoms with Gasteiger partial charge in [-0.25, -0.2) is 12.7 Å². The molecule has 6 heteroatoms. The molecule has 0 aliphatic carbocycles. The molecule has 2 rings (SSSR count). The van der Waals surface area contributed by atoms with Crippen LogP contribution in [0.5, 0.6) is 0 Å². The van der Waals surface area contributed by atoms with Crippen LogP contribution in [-0.2, 0) is 10.0 Å². The first-order chi connectivity index (χ1) is 11.7. The van der Waals surface area contributed by atoms with Gasteiger partial charge in [0.1, 0.15) is 0 Å². The van der Waals surface area contributed by atoms with Crippen molar-refractivity contribution < 1.29 is 13.2 Å². The molecular weight excluding hydrogens is 336 g/mol. The van der Waals surface area contributed by atoms with Crippen molar-refractivity contribution in [2.45, 2.75) is 18.7 Å². The van der Waals surface area contributed by atoms with Crippen LogP contribution >= 0.6 is 0 Å². The van der Waals surface area contributed by atoms with Crippen LogP contribution in [0, 0.1) is 5.41 Å². The molecule has 0 fully saturated rings. The molecule has 0 atom stereocenters. The maximum absolute atomic E-state index is 13.0. The molecule has 0 aliphatic rings. The summed E-state index contributed by atoms with van der Waals surface area (Å²) in [5.74, 6) is -0.314. The summed E-state index contributed by atoms with van der Waals surface area (Å²) < 4.78 is 27.3. The van der Waals surface area contributed by atoms with E-state index in [1.54, 1.807) is 42.5 Å². The summed E-state index contributed by atoms with van der Waals surface area (Å²) in [5, 5.41) is 0. The van der Waals surface area contributed by atoms with Crippen molar-refractivity contribution in [1.29, 1.82) is 0 Å². The third-order valence-corrected chi connectivity index (χ3v) is 5.92. The molecule has 0 saturated carbocycles. The second-order valence-electron chi connectivity index (χ2n) is 6.82. The average Bonchev–Trinajstić information content (AvgIpc) is 2.61. The SMILES string of the molecule is CN(CC(C)(C)CN)S(=O)(=O)c1ccccc1C(=O)c1ccccc1. The van der Waals surface area contributed by atoms with Gasteiger partial charge in [-0.15, -0.1) is 0 Å². The van der Waals surface area contributed by atoms with Crippen LogP contribution in [0.15, 0.2) is 59.5 Å². The zero-order valence-corrected chi connectivity index (χ0v) is 15.6. The minimum absolute atomic E-state index is 0.0131. The van der Waals surface area contributed by atoms with E-state index >= 15 is 0 Å². The Labute approximate surface area is 149 Å². The number of rotatable bonds is 7. The Bertz CT molecular complexity index is 846. The number of sulfonamides is 1. The number of hydrogen-bond donors (Lipinski definition) is 1. The fourth-order valence-electron chi connectivity index (χ4n) is 2.54. The van der Waals surface area contributed by atoms with Gasteiger partial charge in [0.2, 0.25) is 10.0 Å². The first-order valence-corrected chi connectivity index (χ1v) is 9.48. The monoisotopic (exact) mass is 360 g/mol. The third-order valence-electron chi connectivity index (χ3n) is 4.06. The predicted octanol–water partition coefficient (Wildman–Crippen LogP) is 2.52. The molecule has 2 aromatic rings. The van der Waals surface area contributed by atoms with Gasteiger partial charge in [-0.2, -0.15) is 0 Å². The highest BCUT2D eigenvalue weighted by Gasteiger charge is 2.30. The Balaban J connectivity index is 2.45. The molecular formula is C19H24N2O3S. The van der Waals surface area contributed by atoms with Crippen LogP contribution in [0.2, 0.25) is 0 Å². The van der Waals surface area contributed by atoms with E-state index in [0.29, 0.717) is 12.1 Å². The second kappa shape index (κ2) is 7.47. The number of carbonyl (C=O) groups is 1. The lowest BCUT2D eigenvalue weighted by molar-refractivity contribution is 0.103. The zero-order chi connectivity index (χ0) is 18.7. The Hall–Kier alpha value is -2.02. The lowest BCUT2D eigenvalue weighted by Crippen LogP contribution is -2.40. The first-order valence-electron chi connectivity index (χ1n) is 8.04. The van der Waals surface area contributed by atoms with Crippen LogP contribution in [0.4, 0.5) is 0 Å². The molecule has 0 heterocycles. The van der Waals surface area contributed by atoms with Crippen molar-refractivity contribution in [2.24, 2.45) is 11.1 Å². The fraction of sp³-hybridized carbons (Fsp3) is 0.316. The van der Waals surface area contributed by atoms with E-state index in [4.69, 9.17) is 5.73 Å². The highest BCUT2D eigenvalue weighted by atomic mass is 32.2. The lowest BCUT2D eigenvalue weighted by atomic mass is 9.94. The fourth-order valence-corrected chi connectivity index (χ4v) is 4.09. The quantitative estimate of drug-likeness (QED) is 0.770. The molecule has 0 spiro atoms. The van der Waals surface area contributed by atoms with Crippen LogP contribution in [0.25, 0.3) is 0 Å². The predicted molar refractivity (Wildman–Crippen MR) is 99.0 cm³/mol. The van der Waals surface area contributed by atoms with Gasteiger partial charge in [-0.1, -0.05) is 56.3 Å². The van der Waals surface area contributed by atoms with Crippen molar-refractivity contribution in [3.8, 4) is 0 Å². The maximum atomic E-state index is 13.0. The van der Waals surface area contributed by atoms with E-state index in [2.05, 4.69) is 0 Å². The minimum Gasteiger partial charge on any atom is -0.330 e. The Morgan fingerprint density at radius 1 is 1.04 bits per heavy atom. The smallest absolute Gasteiger partial charge is 0.243 e. The maximum Gasteiger partial charge on any atom is 0.243 e. The number of carbonyl (C=O) groups excluding carboxylic acids is 1. The lowest BCUT2D eigenvalue weighted by Gasteiger charge is -2.28. The van der Waals surface area contributed by atoms with Gasteiger partial charge in [0.05, 0.1) is 4.90 Å². The number of hydrogen-bond acceptors (Lipinski definition) is 4. The van der Waals surface area contributed by atoms with Crippen LogP contribution in [0.1, 0.15) is 29.8 Å². The van der Waals surface area contributed by atoms with Crippen LogP contribution in [-0.4, -0.2) is 38.6 Å². The summed E-state index contributed by atoms with van der Waals surface area (Å²) in [4.78, 5) is 12.8. The Morgan fingerprint density at radius 3 is 2.20 bits per heavy atom. The average molecular weight is 360 g/mol. The van der Waals surface area contributed by atoms with Crippen molar-refractivity contribution in [3.63, 3.8) is 0 Å². The van der Waals surface area contributed by atoms with Gasteiger partial charge >= 0.3 is 0 Å². The molecule has 0 aliphatic heterocycles. The van der Waals surface area contributed by atoms with Gasteiger partial charge in [0.15, 0.2) is 5.78 Å². The van der Waals surface area contributed by atoms with E-state index in [-0.39, 0.29) is 28.2 Å². The van der Waals surface area contributed by atoms with Crippen molar-refractivity contribution in [3.05, 3.63) is 65.7 Å². The molecule has 2 aromatic carbocycles. The van der Waals surface area contributed by atoms with Gasteiger partial charge in [0.25, 0.3) is 0 Å². The summed E-state index contributed by atoms with van der Waals surface area (Å²) >= 11 is 0. The van der Waals surface area contributed by atoms with Gasteiger partial charge < -0.3 is 5.73 Å². The van der Waals surface area contributed by atoms with Gasteiger partial charge in [-0.05, 0) is 24.1 Å². The largest absolute Gasteiger partial charge is 0.330 e. The van der Waals surface area contributed by atoms with E-state index in [9.17, 15) is 13.2 Å².